The molecule has 0 radical (unpaired) electrons. The van der Waals surface area contributed by atoms with Gasteiger partial charge in [-0.2, -0.15) is 0 Å². The van der Waals surface area contributed by atoms with E-state index in [1.807, 2.05) is 0 Å². The molecule has 1 saturated heterocycles. The van der Waals surface area contributed by atoms with Crippen LogP contribution >= 0.6 is 0 Å². The largest absolute Gasteiger partial charge is 0.396 e. The second-order valence-electron chi connectivity index (χ2n) is 9.74. The Morgan fingerprint density at radius 3 is 2.35 bits per heavy atom. The first-order valence-corrected chi connectivity index (χ1v) is 9.60. The Balaban J connectivity index is 1.99. The van der Waals surface area contributed by atoms with E-state index in [1.54, 1.807) is 0 Å². The molecule has 2 N–H and O–H groups in total. The van der Waals surface area contributed by atoms with Crippen LogP contribution in [0.25, 0.3) is 0 Å². The summed E-state index contributed by atoms with van der Waals surface area (Å²) in [5.41, 5.74) is -0.189. The molecule has 1 spiro atoms. The van der Waals surface area contributed by atoms with E-state index in [0.717, 1.165) is 32.1 Å². The maximum absolute atomic E-state index is 10.6. The molecule has 0 aromatic rings. The quantitative estimate of drug-likeness (QED) is 0.809. The van der Waals surface area contributed by atoms with Gasteiger partial charge < -0.3 is 14.9 Å². The van der Waals surface area contributed by atoms with Gasteiger partial charge in [0.2, 0.25) is 0 Å². The van der Waals surface area contributed by atoms with Gasteiger partial charge in [-0.15, -0.1) is 0 Å². The molecule has 3 nitrogen and oxygen atoms in total. The van der Waals surface area contributed by atoms with Crippen LogP contribution in [0, 0.1) is 22.7 Å². The molecule has 0 aromatic carbocycles. The van der Waals surface area contributed by atoms with Crippen molar-refractivity contribution in [2.45, 2.75) is 96.9 Å². The van der Waals surface area contributed by atoms with Crippen molar-refractivity contribution in [2.24, 2.45) is 22.7 Å². The lowest BCUT2D eigenvalue weighted by atomic mass is 9.44. The van der Waals surface area contributed by atoms with Crippen molar-refractivity contribution in [1.82, 2.24) is 0 Å². The molecule has 0 amide bonds. The minimum absolute atomic E-state index is 0.0422. The first-order chi connectivity index (χ1) is 10.6. The fourth-order valence-corrected chi connectivity index (χ4v) is 6.60. The average Bonchev–Trinajstić information content (AvgIpc) is 2.81. The van der Waals surface area contributed by atoms with E-state index in [-0.39, 0.29) is 34.7 Å². The van der Waals surface area contributed by atoms with Gasteiger partial charge in [0.15, 0.2) is 0 Å². The van der Waals surface area contributed by atoms with Gasteiger partial charge in [0, 0.05) is 12.0 Å². The SMILES string of the molecule is C[C@@H]1CC[C@@H]2C(C)(C)[C@H](O)CC[C@@]2(C)[C@]12CC[C@](C)(CCO)O2. The van der Waals surface area contributed by atoms with Crippen LogP contribution in [0.3, 0.4) is 0 Å². The van der Waals surface area contributed by atoms with Crippen LogP contribution in [0.2, 0.25) is 0 Å². The van der Waals surface area contributed by atoms with Crippen LogP contribution in [-0.2, 0) is 4.74 Å². The normalized spacial score (nSPS) is 52.6. The van der Waals surface area contributed by atoms with Crippen LogP contribution in [0.5, 0.6) is 0 Å². The lowest BCUT2D eigenvalue weighted by Crippen LogP contribution is -2.65. The maximum atomic E-state index is 10.6. The van der Waals surface area contributed by atoms with Gasteiger partial charge in [0.25, 0.3) is 0 Å². The molecule has 3 rings (SSSR count). The summed E-state index contributed by atoms with van der Waals surface area (Å²) in [6.45, 7) is 11.7. The highest BCUT2D eigenvalue weighted by molar-refractivity contribution is 5.16. The van der Waals surface area contributed by atoms with E-state index in [4.69, 9.17) is 4.74 Å². The van der Waals surface area contributed by atoms with E-state index < -0.39 is 0 Å². The molecule has 2 aliphatic carbocycles. The van der Waals surface area contributed by atoms with Gasteiger partial charge in [-0.05, 0) is 69.1 Å². The van der Waals surface area contributed by atoms with Crippen molar-refractivity contribution >= 4 is 0 Å². The zero-order valence-electron chi connectivity index (χ0n) is 15.7. The smallest absolute Gasteiger partial charge is 0.0772 e. The zero-order chi connectivity index (χ0) is 17.1. The molecular formula is C20H36O3. The Hall–Kier alpha value is -0.120. The van der Waals surface area contributed by atoms with Gasteiger partial charge in [-0.3, -0.25) is 0 Å². The predicted octanol–water partition coefficient (Wildman–Crippen LogP) is 3.91. The molecule has 0 aromatic heterocycles. The molecular weight excluding hydrogens is 288 g/mol. The van der Waals surface area contributed by atoms with Crippen LogP contribution in [0.1, 0.15) is 79.6 Å². The molecule has 1 heterocycles. The summed E-state index contributed by atoms with van der Waals surface area (Å²) in [4.78, 5) is 0. The highest BCUT2D eigenvalue weighted by Gasteiger charge is 2.67. The van der Waals surface area contributed by atoms with Crippen molar-refractivity contribution < 1.29 is 14.9 Å². The molecule has 3 heteroatoms. The Morgan fingerprint density at radius 1 is 1.00 bits per heavy atom. The number of hydrogen-bond acceptors (Lipinski definition) is 3. The molecule has 1 aliphatic heterocycles. The highest BCUT2D eigenvalue weighted by atomic mass is 16.5. The van der Waals surface area contributed by atoms with E-state index >= 15 is 0 Å². The second kappa shape index (κ2) is 5.44. The van der Waals surface area contributed by atoms with E-state index in [0.29, 0.717) is 11.8 Å². The van der Waals surface area contributed by atoms with Crippen LogP contribution in [0.4, 0.5) is 0 Å². The van der Waals surface area contributed by atoms with Crippen molar-refractivity contribution in [1.29, 1.82) is 0 Å². The number of rotatable bonds is 2. The van der Waals surface area contributed by atoms with Crippen molar-refractivity contribution in [3.63, 3.8) is 0 Å². The first-order valence-electron chi connectivity index (χ1n) is 9.60. The van der Waals surface area contributed by atoms with Gasteiger partial charge in [-0.1, -0.05) is 27.7 Å². The monoisotopic (exact) mass is 324 g/mol. The Bertz CT molecular complexity index is 462. The number of hydrogen-bond donors (Lipinski definition) is 2. The first kappa shape index (κ1) is 17.7. The molecule has 6 atom stereocenters. The summed E-state index contributed by atoms with van der Waals surface area (Å²) >= 11 is 0. The zero-order valence-corrected chi connectivity index (χ0v) is 15.7. The Kier molecular flexibility index (Phi) is 4.18. The lowest BCUT2D eigenvalue weighted by Gasteiger charge is -2.64. The number of fused-ring (bicyclic) bond motifs is 2. The summed E-state index contributed by atoms with van der Waals surface area (Å²) in [6.07, 6.45) is 7.00. The number of aliphatic hydroxyl groups is 2. The summed E-state index contributed by atoms with van der Waals surface area (Å²) in [7, 11) is 0. The molecule has 3 aliphatic rings. The van der Waals surface area contributed by atoms with Crippen LogP contribution in [-0.4, -0.2) is 34.1 Å². The van der Waals surface area contributed by atoms with Crippen LogP contribution < -0.4 is 0 Å². The lowest BCUT2D eigenvalue weighted by molar-refractivity contribution is -0.259. The molecule has 134 valence electrons. The van der Waals surface area contributed by atoms with E-state index in [1.165, 1.54) is 12.8 Å². The third-order valence-corrected chi connectivity index (χ3v) is 8.21. The van der Waals surface area contributed by atoms with Gasteiger partial charge in [-0.25, -0.2) is 0 Å². The summed E-state index contributed by atoms with van der Waals surface area (Å²) in [5, 5.41) is 20.0. The van der Waals surface area contributed by atoms with Crippen molar-refractivity contribution in [3.05, 3.63) is 0 Å². The number of aliphatic hydroxyl groups excluding tert-OH is 2. The highest BCUT2D eigenvalue weighted by Crippen LogP contribution is 2.67. The topological polar surface area (TPSA) is 49.7 Å². The fraction of sp³-hybridized carbons (Fsp3) is 1.00. The Labute approximate surface area is 141 Å². The van der Waals surface area contributed by atoms with Gasteiger partial charge in [0.05, 0.1) is 17.3 Å². The van der Waals surface area contributed by atoms with E-state index in [9.17, 15) is 10.2 Å². The molecule has 2 saturated carbocycles. The van der Waals surface area contributed by atoms with Crippen LogP contribution in [0.15, 0.2) is 0 Å². The standard InChI is InChI=1S/C20H36O3/c1-14-6-7-15-17(2,3)16(22)8-9-19(15,5)20(14)11-10-18(4,23-20)12-13-21/h14-16,21-22H,6-13H2,1-5H3/t14-,15-,16-,18-,19-,20+/m1/s1. The summed E-state index contributed by atoms with van der Waals surface area (Å²) in [5.74, 6) is 1.06. The fourth-order valence-electron chi connectivity index (χ4n) is 6.60. The third kappa shape index (κ3) is 2.33. The third-order valence-electron chi connectivity index (χ3n) is 8.21. The summed E-state index contributed by atoms with van der Waals surface area (Å²) in [6, 6.07) is 0. The van der Waals surface area contributed by atoms with Gasteiger partial charge in [0.1, 0.15) is 0 Å². The maximum Gasteiger partial charge on any atom is 0.0772 e. The Morgan fingerprint density at radius 2 is 1.70 bits per heavy atom. The molecule has 0 bridgehead atoms. The minimum Gasteiger partial charge on any atom is -0.396 e. The average molecular weight is 325 g/mol. The van der Waals surface area contributed by atoms with E-state index in [2.05, 4.69) is 34.6 Å². The van der Waals surface area contributed by atoms with Crippen molar-refractivity contribution in [2.75, 3.05) is 6.61 Å². The van der Waals surface area contributed by atoms with Gasteiger partial charge >= 0.3 is 0 Å². The molecule has 3 fully saturated rings. The number of ether oxygens (including phenoxy) is 1. The minimum atomic E-state index is -0.198. The molecule has 0 unspecified atom stereocenters. The molecule has 23 heavy (non-hydrogen) atoms. The van der Waals surface area contributed by atoms with Crippen molar-refractivity contribution in [3.8, 4) is 0 Å². The summed E-state index contributed by atoms with van der Waals surface area (Å²) < 4.78 is 6.89. The second-order valence-corrected chi connectivity index (χ2v) is 9.74. The predicted molar refractivity (Wildman–Crippen MR) is 92.2 cm³/mol.